The average Bonchev–Trinajstić information content (AvgIpc) is 2.50. The first-order valence-electron chi connectivity index (χ1n) is 10.4. The van der Waals surface area contributed by atoms with E-state index in [0.29, 0.717) is 11.1 Å². The van der Waals surface area contributed by atoms with Crippen LogP contribution in [0.15, 0.2) is 0 Å². The lowest BCUT2D eigenvalue weighted by Crippen LogP contribution is -2.50. The predicted molar refractivity (Wildman–Crippen MR) is 104 cm³/mol. The van der Waals surface area contributed by atoms with Crippen molar-refractivity contribution in [2.45, 2.75) is 103 Å². The molecule has 24 heavy (non-hydrogen) atoms. The smallest absolute Gasteiger partial charge is 0.364 e. The SMILES string of the molecule is CCCCCCCCCCCCCC[C@@H](C(=O)OCC)[N+](C)(C)C. The third-order valence-electron chi connectivity index (χ3n) is 4.82. The summed E-state index contributed by atoms with van der Waals surface area (Å²) < 4.78 is 5.90. The normalized spacial score (nSPS) is 13.0. The van der Waals surface area contributed by atoms with Crippen molar-refractivity contribution in [1.82, 2.24) is 0 Å². The zero-order valence-corrected chi connectivity index (χ0v) is 17.2. The summed E-state index contributed by atoms with van der Waals surface area (Å²) >= 11 is 0. The Labute approximate surface area is 151 Å². The van der Waals surface area contributed by atoms with Crippen LogP contribution in [-0.4, -0.2) is 44.2 Å². The molecule has 0 saturated heterocycles. The topological polar surface area (TPSA) is 26.3 Å². The van der Waals surface area contributed by atoms with Crippen LogP contribution in [0.5, 0.6) is 0 Å². The molecule has 0 heterocycles. The summed E-state index contributed by atoms with van der Waals surface area (Å²) in [7, 11) is 6.26. The van der Waals surface area contributed by atoms with E-state index in [1.54, 1.807) is 0 Å². The molecule has 0 radical (unpaired) electrons. The minimum atomic E-state index is -0.0342. The summed E-state index contributed by atoms with van der Waals surface area (Å²) in [4.78, 5) is 12.1. The number of unbranched alkanes of at least 4 members (excludes halogenated alkanes) is 11. The van der Waals surface area contributed by atoms with E-state index in [4.69, 9.17) is 4.74 Å². The second kappa shape index (κ2) is 14.7. The Morgan fingerprint density at radius 1 is 0.750 bits per heavy atom. The lowest BCUT2D eigenvalue weighted by molar-refractivity contribution is -0.887. The van der Waals surface area contributed by atoms with Gasteiger partial charge in [-0.15, -0.1) is 0 Å². The predicted octanol–water partition coefficient (Wildman–Crippen LogP) is 5.72. The first-order valence-corrected chi connectivity index (χ1v) is 10.4. The maximum Gasteiger partial charge on any atom is 0.364 e. The second-order valence-electron chi connectivity index (χ2n) is 8.06. The largest absolute Gasteiger partial charge is 0.462 e. The first kappa shape index (κ1) is 23.4. The van der Waals surface area contributed by atoms with Gasteiger partial charge in [0.2, 0.25) is 0 Å². The molecule has 0 aromatic heterocycles. The maximum absolute atomic E-state index is 12.1. The van der Waals surface area contributed by atoms with Gasteiger partial charge in [0.05, 0.1) is 27.7 Å². The van der Waals surface area contributed by atoms with Gasteiger partial charge in [-0.2, -0.15) is 0 Å². The fraction of sp³-hybridized carbons (Fsp3) is 0.952. The monoisotopic (exact) mass is 342 g/mol. The van der Waals surface area contributed by atoms with E-state index in [1.165, 1.54) is 70.6 Å². The minimum absolute atomic E-state index is 0.0203. The Kier molecular flexibility index (Phi) is 14.4. The van der Waals surface area contributed by atoms with E-state index in [2.05, 4.69) is 28.1 Å². The zero-order valence-electron chi connectivity index (χ0n) is 17.2. The molecular formula is C21H44NO2+. The van der Waals surface area contributed by atoms with E-state index in [1.807, 2.05) is 6.92 Å². The highest BCUT2D eigenvalue weighted by Crippen LogP contribution is 2.16. The minimum Gasteiger partial charge on any atom is -0.462 e. The van der Waals surface area contributed by atoms with Crippen LogP contribution in [0.2, 0.25) is 0 Å². The van der Waals surface area contributed by atoms with Gasteiger partial charge in [-0.05, 0) is 13.3 Å². The van der Waals surface area contributed by atoms with Crippen molar-refractivity contribution in [3.8, 4) is 0 Å². The van der Waals surface area contributed by atoms with E-state index < -0.39 is 0 Å². The highest BCUT2D eigenvalue weighted by molar-refractivity contribution is 5.74. The van der Waals surface area contributed by atoms with Gasteiger partial charge in [-0.25, -0.2) is 4.79 Å². The summed E-state index contributed by atoms with van der Waals surface area (Å²) in [6.07, 6.45) is 17.2. The molecule has 0 spiro atoms. The van der Waals surface area contributed by atoms with Gasteiger partial charge in [-0.1, -0.05) is 77.6 Å². The van der Waals surface area contributed by atoms with Crippen LogP contribution >= 0.6 is 0 Å². The number of carbonyl (C=O) groups excluding carboxylic acids is 1. The van der Waals surface area contributed by atoms with Crippen LogP contribution in [0.25, 0.3) is 0 Å². The molecule has 0 bridgehead atoms. The molecule has 0 saturated carbocycles. The lowest BCUT2D eigenvalue weighted by atomic mass is 10.0. The van der Waals surface area contributed by atoms with Gasteiger partial charge in [-0.3, -0.25) is 0 Å². The molecule has 0 fully saturated rings. The molecule has 0 N–H and O–H groups in total. The van der Waals surface area contributed by atoms with Crippen LogP contribution in [0.1, 0.15) is 97.3 Å². The average molecular weight is 343 g/mol. The van der Waals surface area contributed by atoms with E-state index in [-0.39, 0.29) is 12.0 Å². The summed E-state index contributed by atoms with van der Waals surface area (Å²) in [6, 6.07) is -0.0203. The standard InChI is InChI=1S/C21H44NO2/c1-6-8-9-10-11-12-13-14-15-16-17-18-19-20(22(3,4)5)21(23)24-7-2/h20H,6-19H2,1-5H3/q+1/t20-/m0/s1. The molecule has 0 amide bonds. The number of nitrogens with zero attached hydrogens (tertiary/aromatic N) is 1. The number of ether oxygens (including phenoxy) is 1. The van der Waals surface area contributed by atoms with Gasteiger partial charge in [0.1, 0.15) is 0 Å². The number of carbonyl (C=O) groups is 1. The van der Waals surface area contributed by atoms with Crippen molar-refractivity contribution in [3.05, 3.63) is 0 Å². The Morgan fingerprint density at radius 3 is 1.54 bits per heavy atom. The third-order valence-corrected chi connectivity index (χ3v) is 4.82. The van der Waals surface area contributed by atoms with Gasteiger partial charge in [0.25, 0.3) is 0 Å². The molecule has 3 nitrogen and oxygen atoms in total. The van der Waals surface area contributed by atoms with Gasteiger partial charge < -0.3 is 9.22 Å². The van der Waals surface area contributed by atoms with Crippen LogP contribution in [0, 0.1) is 0 Å². The molecule has 0 unspecified atom stereocenters. The summed E-state index contributed by atoms with van der Waals surface area (Å²) in [5.74, 6) is -0.0342. The molecule has 1 atom stereocenters. The Bertz CT molecular complexity index is 297. The van der Waals surface area contributed by atoms with Crippen LogP contribution in [0.4, 0.5) is 0 Å². The van der Waals surface area contributed by atoms with E-state index in [9.17, 15) is 4.79 Å². The van der Waals surface area contributed by atoms with Gasteiger partial charge in [0, 0.05) is 6.42 Å². The quantitative estimate of drug-likeness (QED) is 0.204. The molecule has 0 aliphatic rings. The van der Waals surface area contributed by atoms with Crippen LogP contribution < -0.4 is 0 Å². The maximum atomic E-state index is 12.1. The Balaban J connectivity index is 3.60. The van der Waals surface area contributed by atoms with Gasteiger partial charge in [0.15, 0.2) is 6.04 Å². The number of likely N-dealkylation sites (N-methyl/N-ethyl adjacent to an activating group) is 1. The van der Waals surface area contributed by atoms with Crippen molar-refractivity contribution in [3.63, 3.8) is 0 Å². The highest BCUT2D eigenvalue weighted by Gasteiger charge is 2.32. The number of rotatable bonds is 16. The molecule has 144 valence electrons. The molecule has 0 rings (SSSR count). The van der Waals surface area contributed by atoms with Crippen LogP contribution in [0.3, 0.4) is 0 Å². The number of hydrogen-bond donors (Lipinski definition) is 0. The fourth-order valence-corrected chi connectivity index (χ4v) is 3.24. The summed E-state index contributed by atoms with van der Waals surface area (Å²) in [5.41, 5.74) is 0. The number of esters is 1. The molecule has 0 aromatic rings. The fourth-order valence-electron chi connectivity index (χ4n) is 3.24. The van der Waals surface area contributed by atoms with Crippen molar-refractivity contribution in [2.75, 3.05) is 27.7 Å². The van der Waals surface area contributed by atoms with Crippen molar-refractivity contribution < 1.29 is 14.0 Å². The Hall–Kier alpha value is -0.570. The van der Waals surface area contributed by atoms with E-state index >= 15 is 0 Å². The second-order valence-corrected chi connectivity index (χ2v) is 8.06. The van der Waals surface area contributed by atoms with E-state index in [0.717, 1.165) is 12.8 Å². The lowest BCUT2D eigenvalue weighted by Gasteiger charge is -2.32. The van der Waals surface area contributed by atoms with Crippen molar-refractivity contribution in [2.24, 2.45) is 0 Å². The van der Waals surface area contributed by atoms with Gasteiger partial charge >= 0.3 is 5.97 Å². The molecular weight excluding hydrogens is 298 g/mol. The van der Waals surface area contributed by atoms with Crippen molar-refractivity contribution >= 4 is 5.97 Å². The Morgan fingerprint density at radius 2 is 1.17 bits per heavy atom. The number of hydrogen-bond acceptors (Lipinski definition) is 2. The molecule has 0 aliphatic heterocycles. The zero-order chi connectivity index (χ0) is 18.3. The molecule has 0 aromatic carbocycles. The summed E-state index contributed by atoms with van der Waals surface area (Å²) in [6.45, 7) is 4.64. The molecule has 3 heteroatoms. The van der Waals surface area contributed by atoms with Crippen LogP contribution in [-0.2, 0) is 9.53 Å². The first-order chi connectivity index (χ1) is 11.4. The number of quaternary nitrogens is 1. The highest BCUT2D eigenvalue weighted by atomic mass is 16.5. The third kappa shape index (κ3) is 12.8. The molecule has 0 aliphatic carbocycles. The van der Waals surface area contributed by atoms with Crippen molar-refractivity contribution in [1.29, 1.82) is 0 Å². The summed E-state index contributed by atoms with van der Waals surface area (Å²) in [5, 5.41) is 0.